The van der Waals surface area contributed by atoms with Crippen molar-refractivity contribution in [2.45, 2.75) is 6.92 Å². The fourth-order valence-electron chi connectivity index (χ4n) is 1.85. The van der Waals surface area contributed by atoms with Gasteiger partial charge in [0.25, 0.3) is 0 Å². The molecule has 0 aliphatic heterocycles. The van der Waals surface area contributed by atoms with Crippen molar-refractivity contribution in [1.82, 2.24) is 9.97 Å². The Hall–Kier alpha value is -1.96. The predicted octanol–water partition coefficient (Wildman–Crippen LogP) is 3.09. The first-order valence-corrected chi connectivity index (χ1v) is 4.96. The first kappa shape index (κ1) is 8.36. The van der Waals surface area contributed by atoms with Crippen LogP contribution in [0, 0.1) is 6.92 Å². The van der Waals surface area contributed by atoms with E-state index in [0.29, 0.717) is 0 Å². The summed E-state index contributed by atoms with van der Waals surface area (Å²) in [6, 6.07) is 12.5. The van der Waals surface area contributed by atoms with Crippen molar-refractivity contribution >= 4 is 21.7 Å². The normalized spacial score (nSPS) is 11.0. The van der Waals surface area contributed by atoms with E-state index in [4.69, 9.17) is 0 Å². The van der Waals surface area contributed by atoms with Crippen molar-refractivity contribution in [2.75, 3.05) is 0 Å². The van der Waals surface area contributed by atoms with Gasteiger partial charge >= 0.3 is 0 Å². The zero-order chi connectivity index (χ0) is 10.3. The summed E-state index contributed by atoms with van der Waals surface area (Å²) < 4.78 is 0. The molecule has 0 amide bonds. The maximum atomic E-state index is 4.49. The van der Waals surface area contributed by atoms with Crippen LogP contribution in [-0.2, 0) is 0 Å². The first-order valence-electron chi connectivity index (χ1n) is 4.96. The smallest absolute Gasteiger partial charge is 0.125 e. The third-order valence-electron chi connectivity index (χ3n) is 2.60. The van der Waals surface area contributed by atoms with E-state index in [1.54, 1.807) is 0 Å². The maximum absolute atomic E-state index is 4.49. The van der Waals surface area contributed by atoms with Crippen molar-refractivity contribution in [1.29, 1.82) is 0 Å². The third kappa shape index (κ3) is 1.26. The molecule has 3 rings (SSSR count). The highest BCUT2D eigenvalue weighted by Gasteiger charge is 2.01. The lowest BCUT2D eigenvalue weighted by molar-refractivity contribution is 1.09. The molecule has 0 atom stereocenters. The van der Waals surface area contributed by atoms with E-state index in [0.717, 1.165) is 16.7 Å². The van der Waals surface area contributed by atoms with Crippen LogP contribution in [0.1, 0.15) is 5.82 Å². The summed E-state index contributed by atoms with van der Waals surface area (Å²) in [6.45, 7) is 1.92. The van der Waals surface area contributed by atoms with E-state index in [2.05, 4.69) is 34.2 Å². The molecule has 1 heterocycles. The van der Waals surface area contributed by atoms with Gasteiger partial charge in [-0.3, -0.25) is 0 Å². The van der Waals surface area contributed by atoms with E-state index in [1.165, 1.54) is 10.8 Å². The monoisotopic (exact) mass is 194 g/mol. The lowest BCUT2D eigenvalue weighted by Crippen LogP contribution is -1.88. The molecule has 2 aromatic carbocycles. The summed E-state index contributed by atoms with van der Waals surface area (Å²) in [5.74, 6) is 0.818. The molecule has 0 saturated carbocycles. The zero-order valence-electron chi connectivity index (χ0n) is 8.44. The van der Waals surface area contributed by atoms with Gasteiger partial charge in [-0.1, -0.05) is 36.4 Å². The van der Waals surface area contributed by atoms with Crippen LogP contribution in [0.25, 0.3) is 21.7 Å². The van der Waals surface area contributed by atoms with Crippen LogP contribution < -0.4 is 0 Å². The number of rotatable bonds is 0. The number of aromatic nitrogens is 2. The van der Waals surface area contributed by atoms with Crippen LogP contribution in [0.4, 0.5) is 0 Å². The van der Waals surface area contributed by atoms with Crippen LogP contribution >= 0.6 is 0 Å². The molecule has 0 unspecified atom stereocenters. The van der Waals surface area contributed by atoms with E-state index in [1.807, 2.05) is 25.3 Å². The minimum atomic E-state index is 0.818. The van der Waals surface area contributed by atoms with Gasteiger partial charge in [-0.25, -0.2) is 9.97 Å². The maximum Gasteiger partial charge on any atom is 0.125 e. The van der Waals surface area contributed by atoms with E-state index in [9.17, 15) is 0 Å². The zero-order valence-corrected chi connectivity index (χ0v) is 8.44. The van der Waals surface area contributed by atoms with Gasteiger partial charge in [0.05, 0.1) is 5.52 Å². The summed E-state index contributed by atoms with van der Waals surface area (Å²) in [4.78, 5) is 8.70. The van der Waals surface area contributed by atoms with Gasteiger partial charge < -0.3 is 0 Å². The molecule has 0 N–H and O–H groups in total. The van der Waals surface area contributed by atoms with E-state index >= 15 is 0 Å². The Morgan fingerprint density at radius 1 is 0.933 bits per heavy atom. The fourth-order valence-corrected chi connectivity index (χ4v) is 1.85. The first-order chi connectivity index (χ1) is 7.34. The standard InChI is InChI=1S/C13H10N2/c1-9-14-8-11-7-6-10-4-2-3-5-12(10)13(11)15-9/h2-8H,1H3. The molecule has 3 aromatic rings. The van der Waals surface area contributed by atoms with E-state index < -0.39 is 0 Å². The quantitative estimate of drug-likeness (QED) is 0.514. The summed E-state index contributed by atoms with van der Waals surface area (Å²) in [7, 11) is 0. The van der Waals surface area contributed by atoms with Crippen molar-refractivity contribution in [3.8, 4) is 0 Å². The SMILES string of the molecule is Cc1ncc2ccc3ccccc3c2n1. The van der Waals surface area contributed by atoms with Gasteiger partial charge in [0.15, 0.2) is 0 Å². The summed E-state index contributed by atoms with van der Waals surface area (Å²) >= 11 is 0. The highest BCUT2D eigenvalue weighted by Crippen LogP contribution is 2.22. The Bertz CT molecular complexity index is 644. The van der Waals surface area contributed by atoms with Gasteiger partial charge in [0.2, 0.25) is 0 Å². The predicted molar refractivity (Wildman–Crippen MR) is 61.8 cm³/mol. The van der Waals surface area contributed by atoms with Gasteiger partial charge in [0.1, 0.15) is 5.82 Å². The molecule has 15 heavy (non-hydrogen) atoms. The summed E-state index contributed by atoms with van der Waals surface area (Å²) in [6.07, 6.45) is 1.88. The molecule has 0 aliphatic carbocycles. The molecular formula is C13H10N2. The average Bonchev–Trinajstić information content (AvgIpc) is 2.29. The van der Waals surface area contributed by atoms with Crippen LogP contribution in [-0.4, -0.2) is 9.97 Å². The van der Waals surface area contributed by atoms with Crippen molar-refractivity contribution in [3.63, 3.8) is 0 Å². The van der Waals surface area contributed by atoms with Crippen LogP contribution in [0.15, 0.2) is 42.6 Å². The highest BCUT2D eigenvalue weighted by molar-refractivity contribution is 6.04. The second-order valence-corrected chi connectivity index (χ2v) is 3.64. The van der Waals surface area contributed by atoms with Gasteiger partial charge in [0, 0.05) is 17.0 Å². The second kappa shape index (κ2) is 3.02. The Kier molecular flexibility index (Phi) is 1.68. The number of benzene rings is 2. The lowest BCUT2D eigenvalue weighted by Gasteiger charge is -2.02. The largest absolute Gasteiger partial charge is 0.241 e. The fraction of sp³-hybridized carbons (Fsp3) is 0.0769. The molecule has 0 fully saturated rings. The number of hydrogen-bond acceptors (Lipinski definition) is 2. The third-order valence-corrected chi connectivity index (χ3v) is 2.60. The Morgan fingerprint density at radius 2 is 1.73 bits per heavy atom. The minimum absolute atomic E-state index is 0.818. The lowest BCUT2D eigenvalue weighted by atomic mass is 10.1. The highest BCUT2D eigenvalue weighted by atomic mass is 14.9. The van der Waals surface area contributed by atoms with Crippen LogP contribution in [0.5, 0.6) is 0 Å². The van der Waals surface area contributed by atoms with Crippen molar-refractivity contribution < 1.29 is 0 Å². The van der Waals surface area contributed by atoms with Crippen LogP contribution in [0.3, 0.4) is 0 Å². The molecule has 0 radical (unpaired) electrons. The minimum Gasteiger partial charge on any atom is -0.241 e. The molecular weight excluding hydrogens is 184 g/mol. The molecule has 72 valence electrons. The van der Waals surface area contributed by atoms with E-state index in [-0.39, 0.29) is 0 Å². The number of aryl methyl sites for hydroxylation is 1. The van der Waals surface area contributed by atoms with Crippen molar-refractivity contribution in [3.05, 3.63) is 48.4 Å². The molecule has 0 saturated heterocycles. The summed E-state index contributed by atoms with van der Waals surface area (Å²) in [5, 5.41) is 3.52. The molecule has 0 aliphatic rings. The van der Waals surface area contributed by atoms with Gasteiger partial charge in [-0.15, -0.1) is 0 Å². The molecule has 1 aromatic heterocycles. The Morgan fingerprint density at radius 3 is 2.67 bits per heavy atom. The Labute approximate surface area is 87.6 Å². The number of fused-ring (bicyclic) bond motifs is 3. The topological polar surface area (TPSA) is 25.8 Å². The number of nitrogens with zero attached hydrogens (tertiary/aromatic N) is 2. The molecule has 2 heteroatoms. The van der Waals surface area contributed by atoms with Gasteiger partial charge in [-0.2, -0.15) is 0 Å². The van der Waals surface area contributed by atoms with Crippen molar-refractivity contribution in [2.24, 2.45) is 0 Å². The van der Waals surface area contributed by atoms with Crippen LogP contribution in [0.2, 0.25) is 0 Å². The second-order valence-electron chi connectivity index (χ2n) is 3.64. The summed E-state index contributed by atoms with van der Waals surface area (Å²) in [5.41, 5.74) is 1.04. The molecule has 0 spiro atoms. The average molecular weight is 194 g/mol. The van der Waals surface area contributed by atoms with Gasteiger partial charge in [-0.05, 0) is 12.3 Å². The molecule has 0 bridgehead atoms. The Balaban J connectivity index is 2.57. The molecule has 2 nitrogen and oxygen atoms in total. The number of hydrogen-bond donors (Lipinski definition) is 0.